The fourth-order valence-electron chi connectivity index (χ4n) is 7.47. The first kappa shape index (κ1) is 34.7. The molecule has 0 unspecified atom stereocenters. The minimum Gasteiger partial charge on any atom is -0.436 e. The number of piperidine rings is 3. The number of halogens is 2. The molecule has 0 spiro atoms. The van der Waals surface area contributed by atoms with E-state index in [-0.39, 0.29) is 25.4 Å². The number of likely N-dealkylation sites (tertiary alicyclic amines) is 2. The Morgan fingerprint density at radius 1 is 0.848 bits per heavy atom. The van der Waals surface area contributed by atoms with Crippen molar-refractivity contribution in [2.75, 3.05) is 51.1 Å². The quantitative estimate of drug-likeness (QED) is 0.343. The summed E-state index contributed by atoms with van der Waals surface area (Å²) in [5.74, 6) is 1.28. The smallest absolute Gasteiger partial charge is 0.410 e. The summed E-state index contributed by atoms with van der Waals surface area (Å²) in [6.45, 7) is 5.19. The van der Waals surface area contributed by atoms with E-state index in [0.29, 0.717) is 57.9 Å². The molecule has 4 aliphatic rings. The molecule has 1 atom stereocenters. The van der Waals surface area contributed by atoms with Crippen LogP contribution in [0.1, 0.15) is 57.1 Å². The molecule has 6 rings (SSSR count). The molecule has 250 valence electrons. The summed E-state index contributed by atoms with van der Waals surface area (Å²) < 4.78 is 7.87. The van der Waals surface area contributed by atoms with Crippen LogP contribution in [0.15, 0.2) is 51.4 Å². The maximum Gasteiger partial charge on any atom is 0.410 e. The maximum absolute atomic E-state index is 13.9. The van der Waals surface area contributed by atoms with E-state index in [1.165, 1.54) is 12.8 Å². The Balaban J connectivity index is 0.00000417. The number of nitrogens with zero attached hydrogens (tertiary/aromatic N) is 3. The number of amides is 4. The van der Waals surface area contributed by atoms with E-state index in [1.807, 2.05) is 46.2 Å². The number of ether oxygens (including phenoxy) is 1. The summed E-state index contributed by atoms with van der Waals surface area (Å²) in [6.07, 6.45) is 5.52. The Hall–Kier alpha value is -2.63. The van der Waals surface area contributed by atoms with Crippen molar-refractivity contribution in [3.63, 3.8) is 0 Å². The van der Waals surface area contributed by atoms with Gasteiger partial charge in [0.15, 0.2) is 6.10 Å². The SMILES string of the molecule is C.O=C(O[C@H](Cc1ccc(Br)c(Br)c1)C(=O)N1CCC(C2CCNCC2)CC1)N1CCC(N2CCc3ccccc3NC2=O)CC1. The number of para-hydroxylation sites is 1. The molecular formula is C35H47Br2N5O4. The Labute approximate surface area is 290 Å². The molecule has 0 saturated carbocycles. The number of urea groups is 1. The standard InChI is InChI=1S/C34H43Br2N5O4.CH4/c35-28-6-5-23(21-29(28)36)22-31(32(42)39-16-9-25(10-17-39)24-7-14-37-15-8-24)45-34(44)40-18-12-27(13-19-40)41-20-11-26-3-1-2-4-30(26)38-33(41)43;/h1-6,21,24-25,27,31,37H,7-20,22H2,(H,38,43);1H4/t31-;/m1./s1. The van der Waals surface area contributed by atoms with E-state index < -0.39 is 12.2 Å². The fourth-order valence-corrected chi connectivity index (χ4v) is 8.14. The Morgan fingerprint density at radius 2 is 1.52 bits per heavy atom. The maximum atomic E-state index is 13.9. The summed E-state index contributed by atoms with van der Waals surface area (Å²) in [4.78, 5) is 46.0. The van der Waals surface area contributed by atoms with Crippen LogP contribution in [0.25, 0.3) is 0 Å². The number of rotatable bonds is 6. The number of hydrogen-bond acceptors (Lipinski definition) is 5. The molecule has 4 heterocycles. The Morgan fingerprint density at radius 3 is 2.24 bits per heavy atom. The fraction of sp³-hybridized carbons (Fsp3) is 0.571. The third kappa shape index (κ3) is 8.26. The molecule has 0 radical (unpaired) electrons. The monoisotopic (exact) mass is 759 g/mol. The highest BCUT2D eigenvalue weighted by Gasteiger charge is 2.36. The second kappa shape index (κ2) is 16.0. The van der Waals surface area contributed by atoms with Crippen LogP contribution < -0.4 is 10.6 Å². The highest BCUT2D eigenvalue weighted by atomic mass is 79.9. The van der Waals surface area contributed by atoms with Gasteiger partial charge >= 0.3 is 12.1 Å². The molecule has 3 saturated heterocycles. The van der Waals surface area contributed by atoms with Gasteiger partial charge < -0.3 is 30.1 Å². The van der Waals surface area contributed by atoms with Gasteiger partial charge in [-0.15, -0.1) is 0 Å². The van der Waals surface area contributed by atoms with Gasteiger partial charge in [0.25, 0.3) is 5.91 Å². The largest absolute Gasteiger partial charge is 0.436 e. The van der Waals surface area contributed by atoms with E-state index >= 15 is 0 Å². The lowest BCUT2D eigenvalue weighted by atomic mass is 9.79. The van der Waals surface area contributed by atoms with Gasteiger partial charge in [-0.25, -0.2) is 9.59 Å². The average Bonchev–Trinajstić information content (AvgIpc) is 3.24. The van der Waals surface area contributed by atoms with E-state index in [2.05, 4.69) is 48.6 Å². The first-order valence-corrected chi connectivity index (χ1v) is 18.0. The predicted molar refractivity (Wildman–Crippen MR) is 188 cm³/mol. The lowest BCUT2D eigenvalue weighted by Crippen LogP contribution is -2.52. The van der Waals surface area contributed by atoms with Crippen molar-refractivity contribution in [2.24, 2.45) is 11.8 Å². The molecule has 2 aromatic rings. The molecule has 4 aliphatic heterocycles. The van der Waals surface area contributed by atoms with Gasteiger partial charge in [0.2, 0.25) is 0 Å². The van der Waals surface area contributed by atoms with Gasteiger partial charge in [-0.05, 0) is 131 Å². The first-order chi connectivity index (χ1) is 21.9. The van der Waals surface area contributed by atoms with Crippen LogP contribution >= 0.6 is 31.9 Å². The zero-order chi connectivity index (χ0) is 31.3. The molecule has 46 heavy (non-hydrogen) atoms. The molecule has 2 N–H and O–H groups in total. The Kier molecular flexibility index (Phi) is 12.1. The number of anilines is 1. The summed E-state index contributed by atoms with van der Waals surface area (Å²) in [5, 5.41) is 6.51. The van der Waals surface area contributed by atoms with Gasteiger partial charge in [-0.1, -0.05) is 31.7 Å². The van der Waals surface area contributed by atoms with E-state index in [4.69, 9.17) is 4.74 Å². The minimum absolute atomic E-state index is 0. The van der Waals surface area contributed by atoms with Crippen LogP contribution in [0.3, 0.4) is 0 Å². The van der Waals surface area contributed by atoms with Crippen LogP contribution in [0.2, 0.25) is 0 Å². The topological polar surface area (TPSA) is 94.2 Å². The van der Waals surface area contributed by atoms with Gasteiger partial charge in [0, 0.05) is 59.8 Å². The van der Waals surface area contributed by atoms with Crippen molar-refractivity contribution < 1.29 is 19.1 Å². The number of fused-ring (bicyclic) bond motifs is 1. The van der Waals surface area contributed by atoms with Crippen LogP contribution in [0.4, 0.5) is 15.3 Å². The van der Waals surface area contributed by atoms with Crippen molar-refractivity contribution >= 4 is 55.6 Å². The number of carbonyl (C=O) groups excluding carboxylic acids is 3. The van der Waals surface area contributed by atoms with Gasteiger partial charge in [0.05, 0.1) is 0 Å². The molecule has 11 heteroatoms. The number of nitrogens with one attached hydrogen (secondary N) is 2. The highest BCUT2D eigenvalue weighted by Crippen LogP contribution is 2.32. The van der Waals surface area contributed by atoms with Crippen LogP contribution in [0, 0.1) is 11.8 Å². The van der Waals surface area contributed by atoms with E-state index in [9.17, 15) is 14.4 Å². The Bertz CT molecular complexity index is 1370. The summed E-state index contributed by atoms with van der Waals surface area (Å²) >= 11 is 7.09. The average molecular weight is 762 g/mol. The lowest BCUT2D eigenvalue weighted by Gasteiger charge is -2.39. The van der Waals surface area contributed by atoms with Crippen LogP contribution in [-0.2, 0) is 22.4 Å². The zero-order valence-electron chi connectivity index (χ0n) is 25.7. The predicted octanol–water partition coefficient (Wildman–Crippen LogP) is 6.69. The highest BCUT2D eigenvalue weighted by molar-refractivity contribution is 9.13. The van der Waals surface area contributed by atoms with Gasteiger partial charge in [0.1, 0.15) is 0 Å². The zero-order valence-corrected chi connectivity index (χ0v) is 28.9. The van der Waals surface area contributed by atoms with Crippen LogP contribution in [-0.4, -0.2) is 90.7 Å². The van der Waals surface area contributed by atoms with Crippen LogP contribution in [0.5, 0.6) is 0 Å². The third-order valence-corrected chi connectivity index (χ3v) is 12.0. The normalized spacial score (nSPS) is 20.7. The number of benzene rings is 2. The first-order valence-electron chi connectivity index (χ1n) is 16.4. The summed E-state index contributed by atoms with van der Waals surface area (Å²) in [7, 11) is 0. The van der Waals surface area contributed by atoms with Crippen molar-refractivity contribution in [1.29, 1.82) is 0 Å². The molecule has 2 aromatic carbocycles. The molecule has 0 aromatic heterocycles. The van der Waals surface area contributed by atoms with Crippen molar-refractivity contribution in [3.05, 3.63) is 62.5 Å². The molecule has 4 amide bonds. The van der Waals surface area contributed by atoms with Crippen molar-refractivity contribution in [2.45, 2.75) is 70.9 Å². The van der Waals surface area contributed by atoms with Gasteiger partial charge in [-0.3, -0.25) is 4.79 Å². The number of carbonyl (C=O) groups is 3. The molecule has 0 bridgehead atoms. The summed E-state index contributed by atoms with van der Waals surface area (Å²) in [6, 6.07) is 13.8. The van der Waals surface area contributed by atoms with Gasteiger partial charge in [-0.2, -0.15) is 0 Å². The second-order valence-electron chi connectivity index (χ2n) is 12.8. The lowest BCUT2D eigenvalue weighted by molar-refractivity contribution is -0.142. The number of hydrogen-bond donors (Lipinski definition) is 2. The molecular weight excluding hydrogens is 714 g/mol. The summed E-state index contributed by atoms with van der Waals surface area (Å²) in [5.41, 5.74) is 2.93. The molecule has 9 nitrogen and oxygen atoms in total. The van der Waals surface area contributed by atoms with E-state index in [0.717, 1.165) is 64.0 Å². The third-order valence-electron chi connectivity index (χ3n) is 10.1. The van der Waals surface area contributed by atoms with Crippen molar-refractivity contribution in [3.8, 4) is 0 Å². The minimum atomic E-state index is -0.895. The van der Waals surface area contributed by atoms with E-state index in [1.54, 1.807) is 4.90 Å². The molecule has 3 fully saturated rings. The van der Waals surface area contributed by atoms with Crippen molar-refractivity contribution in [1.82, 2.24) is 20.0 Å². The second-order valence-corrected chi connectivity index (χ2v) is 14.5. The molecule has 0 aliphatic carbocycles.